The Bertz CT molecular complexity index is 643. The number of rotatable bonds is 7. The van der Waals surface area contributed by atoms with E-state index in [1.807, 2.05) is 13.8 Å². The number of carbonyl (C=O) groups is 1. The van der Waals surface area contributed by atoms with Gasteiger partial charge in [0.05, 0.1) is 17.6 Å². The van der Waals surface area contributed by atoms with Crippen LogP contribution in [0.4, 0.5) is 0 Å². The number of methoxy groups -OCH3 is 1. The molecular weight excluding hydrogens is 340 g/mol. The minimum atomic E-state index is -3.75. The highest BCUT2D eigenvalue weighted by atomic mass is 35.5. The van der Waals surface area contributed by atoms with Gasteiger partial charge in [0, 0.05) is 12.1 Å². The van der Waals surface area contributed by atoms with E-state index in [-0.39, 0.29) is 29.4 Å². The SMILES string of the molecule is CCC(N)(CC)CNS(=O)(=O)c1cccc(C(=O)OC)c1C.Cl. The first-order chi connectivity index (χ1) is 10.2. The fourth-order valence-electron chi connectivity index (χ4n) is 2.05. The zero-order chi connectivity index (χ0) is 17.0. The van der Waals surface area contributed by atoms with Gasteiger partial charge in [-0.15, -0.1) is 12.4 Å². The normalized spacial score (nSPS) is 11.7. The monoisotopic (exact) mass is 364 g/mol. The highest BCUT2D eigenvalue weighted by Gasteiger charge is 2.26. The Morgan fingerprint density at radius 2 is 1.87 bits per heavy atom. The summed E-state index contributed by atoms with van der Waals surface area (Å²) in [5.74, 6) is -0.565. The van der Waals surface area contributed by atoms with Gasteiger partial charge in [0.1, 0.15) is 0 Å². The first-order valence-corrected chi connectivity index (χ1v) is 8.65. The van der Waals surface area contributed by atoms with E-state index >= 15 is 0 Å². The molecule has 0 amide bonds. The van der Waals surface area contributed by atoms with E-state index in [2.05, 4.69) is 9.46 Å². The Morgan fingerprint density at radius 3 is 2.35 bits per heavy atom. The minimum Gasteiger partial charge on any atom is -0.465 e. The molecule has 1 aromatic carbocycles. The van der Waals surface area contributed by atoms with Gasteiger partial charge in [0.2, 0.25) is 10.0 Å². The molecular formula is C15H25ClN2O4S. The zero-order valence-electron chi connectivity index (χ0n) is 13.9. The number of hydrogen-bond donors (Lipinski definition) is 2. The Balaban J connectivity index is 0.00000484. The summed E-state index contributed by atoms with van der Waals surface area (Å²) >= 11 is 0. The molecule has 6 nitrogen and oxygen atoms in total. The third-order valence-electron chi connectivity index (χ3n) is 4.00. The number of ether oxygens (including phenoxy) is 1. The molecule has 0 bridgehead atoms. The first-order valence-electron chi connectivity index (χ1n) is 7.17. The predicted molar refractivity (Wildman–Crippen MR) is 92.5 cm³/mol. The number of esters is 1. The summed E-state index contributed by atoms with van der Waals surface area (Å²) in [6, 6.07) is 4.51. The third kappa shape index (κ3) is 5.17. The van der Waals surface area contributed by atoms with Gasteiger partial charge >= 0.3 is 5.97 Å². The molecule has 0 aromatic heterocycles. The summed E-state index contributed by atoms with van der Waals surface area (Å²) < 4.78 is 32.1. The van der Waals surface area contributed by atoms with Crippen molar-refractivity contribution >= 4 is 28.4 Å². The van der Waals surface area contributed by atoms with E-state index in [1.165, 1.54) is 25.3 Å². The van der Waals surface area contributed by atoms with Crippen LogP contribution in [0.2, 0.25) is 0 Å². The van der Waals surface area contributed by atoms with E-state index in [1.54, 1.807) is 6.92 Å². The Morgan fingerprint density at radius 1 is 1.30 bits per heavy atom. The average molecular weight is 365 g/mol. The van der Waals surface area contributed by atoms with Crippen LogP contribution in [0.3, 0.4) is 0 Å². The van der Waals surface area contributed by atoms with Gasteiger partial charge in [-0.05, 0) is 37.5 Å². The lowest BCUT2D eigenvalue weighted by Gasteiger charge is -2.27. The lowest BCUT2D eigenvalue weighted by Crippen LogP contribution is -2.49. The third-order valence-corrected chi connectivity index (χ3v) is 5.55. The topological polar surface area (TPSA) is 98.5 Å². The van der Waals surface area contributed by atoms with Crippen LogP contribution < -0.4 is 10.5 Å². The van der Waals surface area contributed by atoms with Gasteiger partial charge in [0.25, 0.3) is 0 Å². The van der Waals surface area contributed by atoms with Crippen LogP contribution >= 0.6 is 12.4 Å². The largest absolute Gasteiger partial charge is 0.465 e. The maximum atomic E-state index is 12.5. The molecule has 0 saturated carbocycles. The number of benzene rings is 1. The molecule has 1 aromatic rings. The van der Waals surface area contributed by atoms with Crippen LogP contribution in [-0.4, -0.2) is 33.6 Å². The zero-order valence-corrected chi connectivity index (χ0v) is 15.5. The van der Waals surface area contributed by atoms with Crippen LogP contribution in [0.15, 0.2) is 23.1 Å². The second-order valence-electron chi connectivity index (χ2n) is 5.31. The molecule has 132 valence electrons. The molecule has 3 N–H and O–H groups in total. The smallest absolute Gasteiger partial charge is 0.338 e. The van der Waals surface area contributed by atoms with Gasteiger partial charge in [-0.3, -0.25) is 0 Å². The summed E-state index contributed by atoms with van der Waals surface area (Å²) in [7, 11) is -2.49. The second-order valence-corrected chi connectivity index (χ2v) is 7.05. The van der Waals surface area contributed by atoms with Gasteiger partial charge in [-0.2, -0.15) is 0 Å². The molecule has 0 radical (unpaired) electrons. The molecule has 0 heterocycles. The molecule has 0 spiro atoms. The lowest BCUT2D eigenvalue weighted by molar-refractivity contribution is 0.0599. The van der Waals surface area contributed by atoms with Crippen molar-refractivity contribution in [3.8, 4) is 0 Å². The van der Waals surface area contributed by atoms with Crippen LogP contribution in [0.5, 0.6) is 0 Å². The van der Waals surface area contributed by atoms with E-state index in [4.69, 9.17) is 5.73 Å². The van der Waals surface area contributed by atoms with Crippen molar-refractivity contribution in [1.29, 1.82) is 0 Å². The van der Waals surface area contributed by atoms with Crippen molar-refractivity contribution in [1.82, 2.24) is 4.72 Å². The molecule has 23 heavy (non-hydrogen) atoms. The van der Waals surface area contributed by atoms with Crippen molar-refractivity contribution in [2.75, 3.05) is 13.7 Å². The van der Waals surface area contributed by atoms with Gasteiger partial charge in [-0.25, -0.2) is 17.9 Å². The molecule has 0 fully saturated rings. The van der Waals surface area contributed by atoms with Gasteiger partial charge in [-0.1, -0.05) is 19.9 Å². The van der Waals surface area contributed by atoms with E-state index in [9.17, 15) is 13.2 Å². The second kappa shape index (κ2) is 8.63. The maximum absolute atomic E-state index is 12.5. The van der Waals surface area contributed by atoms with Crippen molar-refractivity contribution in [3.05, 3.63) is 29.3 Å². The molecule has 0 aliphatic rings. The number of nitrogens with one attached hydrogen (secondary N) is 1. The Labute approximate surface area is 144 Å². The van der Waals surface area contributed by atoms with Crippen LogP contribution in [-0.2, 0) is 14.8 Å². The Kier molecular flexibility index (Phi) is 8.20. The summed E-state index contributed by atoms with van der Waals surface area (Å²) in [5.41, 5.74) is 6.13. The first kappa shape index (κ1) is 21.9. The summed E-state index contributed by atoms with van der Waals surface area (Å²) in [6.45, 7) is 5.56. The number of nitrogens with two attached hydrogens (primary N) is 1. The average Bonchev–Trinajstić information content (AvgIpc) is 2.52. The molecule has 0 aliphatic heterocycles. The summed E-state index contributed by atoms with van der Waals surface area (Å²) in [6.07, 6.45) is 1.32. The van der Waals surface area contributed by atoms with Crippen molar-refractivity contribution in [2.45, 2.75) is 44.0 Å². The molecule has 8 heteroatoms. The quantitative estimate of drug-likeness (QED) is 0.721. The molecule has 0 aliphatic carbocycles. The minimum absolute atomic E-state index is 0. The standard InChI is InChI=1S/C15H24N2O4S.ClH/c1-5-15(16,6-2)10-17-22(19,20)13-9-7-8-12(11(13)3)14(18)21-4;/h7-9,17H,5-6,10,16H2,1-4H3;1H. The Hall–Kier alpha value is -1.15. The highest BCUT2D eigenvalue weighted by molar-refractivity contribution is 7.89. The number of carbonyl (C=O) groups excluding carboxylic acids is 1. The number of halogens is 1. The molecule has 0 atom stereocenters. The van der Waals surface area contributed by atoms with Crippen LogP contribution in [0.25, 0.3) is 0 Å². The van der Waals surface area contributed by atoms with Crippen molar-refractivity contribution < 1.29 is 17.9 Å². The molecule has 0 saturated heterocycles. The molecule has 1 rings (SSSR count). The summed E-state index contributed by atoms with van der Waals surface area (Å²) in [4.78, 5) is 11.7. The van der Waals surface area contributed by atoms with E-state index in [0.717, 1.165) is 0 Å². The summed E-state index contributed by atoms with van der Waals surface area (Å²) in [5, 5.41) is 0. The van der Waals surface area contributed by atoms with E-state index < -0.39 is 21.5 Å². The molecule has 0 unspecified atom stereocenters. The van der Waals surface area contributed by atoms with Gasteiger partial charge in [0.15, 0.2) is 0 Å². The van der Waals surface area contributed by atoms with Crippen LogP contribution in [0, 0.1) is 6.92 Å². The lowest BCUT2D eigenvalue weighted by atomic mass is 9.95. The van der Waals surface area contributed by atoms with Crippen molar-refractivity contribution in [3.63, 3.8) is 0 Å². The fraction of sp³-hybridized carbons (Fsp3) is 0.533. The van der Waals surface area contributed by atoms with Gasteiger partial charge < -0.3 is 10.5 Å². The van der Waals surface area contributed by atoms with Crippen LogP contribution in [0.1, 0.15) is 42.6 Å². The highest BCUT2D eigenvalue weighted by Crippen LogP contribution is 2.20. The predicted octanol–water partition coefficient (Wildman–Crippen LogP) is 2.00. The number of sulfonamides is 1. The van der Waals surface area contributed by atoms with Crippen molar-refractivity contribution in [2.24, 2.45) is 5.73 Å². The maximum Gasteiger partial charge on any atom is 0.338 e. The van der Waals surface area contributed by atoms with E-state index in [0.29, 0.717) is 18.4 Å². The number of hydrogen-bond acceptors (Lipinski definition) is 5. The fourth-order valence-corrected chi connectivity index (χ4v) is 3.46.